The second-order valence-corrected chi connectivity index (χ2v) is 7.30. The number of hydrogen-bond donors (Lipinski definition) is 0. The first-order chi connectivity index (χ1) is 16.5. The highest BCUT2D eigenvalue weighted by Crippen LogP contribution is 2.24. The molecule has 170 valence electrons. The molecule has 3 aromatic carbocycles. The van der Waals surface area contributed by atoms with Gasteiger partial charge in [-0.1, -0.05) is 0 Å². The molecule has 0 fully saturated rings. The molecule has 7 heteroatoms. The van der Waals surface area contributed by atoms with Crippen molar-refractivity contribution in [2.24, 2.45) is 0 Å². The first-order valence-electron chi connectivity index (χ1n) is 10.4. The highest BCUT2D eigenvalue weighted by atomic mass is 16.5. The molecule has 0 aliphatic heterocycles. The van der Waals surface area contributed by atoms with Gasteiger partial charge in [-0.25, -0.2) is 9.97 Å². The molecule has 4 rings (SSSR count). The van der Waals surface area contributed by atoms with Gasteiger partial charge in [0.2, 0.25) is 11.6 Å². The first-order valence-corrected chi connectivity index (χ1v) is 10.4. The van der Waals surface area contributed by atoms with Gasteiger partial charge in [-0.05, 0) is 72.8 Å². The van der Waals surface area contributed by atoms with Crippen LogP contribution in [0.25, 0.3) is 11.3 Å². The van der Waals surface area contributed by atoms with E-state index in [1.54, 1.807) is 82.0 Å². The average molecular weight is 454 g/mol. The van der Waals surface area contributed by atoms with Gasteiger partial charge in [0.1, 0.15) is 28.6 Å². The number of ether oxygens (including phenoxy) is 3. The minimum atomic E-state index is -0.414. The first kappa shape index (κ1) is 22.7. The molecule has 0 aliphatic carbocycles. The van der Waals surface area contributed by atoms with Crippen LogP contribution in [-0.4, -0.2) is 42.9 Å². The van der Waals surface area contributed by atoms with Crippen molar-refractivity contribution in [2.45, 2.75) is 0 Å². The van der Waals surface area contributed by atoms with E-state index in [-0.39, 0.29) is 11.4 Å². The Morgan fingerprint density at radius 3 is 1.44 bits per heavy atom. The van der Waals surface area contributed by atoms with Crippen molar-refractivity contribution in [3.05, 3.63) is 102 Å². The summed E-state index contributed by atoms with van der Waals surface area (Å²) >= 11 is 0. The van der Waals surface area contributed by atoms with E-state index in [0.717, 1.165) is 5.56 Å². The monoisotopic (exact) mass is 454 g/mol. The Labute approximate surface area is 197 Å². The van der Waals surface area contributed by atoms with Gasteiger partial charge in [0.25, 0.3) is 0 Å². The van der Waals surface area contributed by atoms with Gasteiger partial charge in [0.05, 0.1) is 33.2 Å². The van der Waals surface area contributed by atoms with E-state index in [4.69, 9.17) is 14.2 Å². The van der Waals surface area contributed by atoms with Crippen molar-refractivity contribution in [1.82, 2.24) is 9.97 Å². The van der Waals surface area contributed by atoms with Gasteiger partial charge in [-0.2, -0.15) is 0 Å². The predicted octanol–water partition coefficient (Wildman–Crippen LogP) is 4.63. The summed E-state index contributed by atoms with van der Waals surface area (Å²) in [5.41, 5.74) is 1.88. The average Bonchev–Trinajstić information content (AvgIpc) is 2.92. The third kappa shape index (κ3) is 4.63. The number of benzene rings is 3. The molecule has 0 amide bonds. The van der Waals surface area contributed by atoms with Crippen LogP contribution in [0.15, 0.2) is 79.0 Å². The van der Waals surface area contributed by atoms with Gasteiger partial charge < -0.3 is 14.2 Å². The SMILES string of the molecule is COc1ccc(C(=O)c2ncc(-c3ccc(OC)cc3)nc2C(=O)c2ccc(OC)cc2)cc1. The molecular weight excluding hydrogens is 432 g/mol. The number of rotatable bonds is 8. The largest absolute Gasteiger partial charge is 0.497 e. The smallest absolute Gasteiger partial charge is 0.213 e. The molecule has 0 saturated carbocycles. The number of nitrogens with zero attached hydrogens (tertiary/aromatic N) is 2. The van der Waals surface area contributed by atoms with Crippen molar-refractivity contribution < 1.29 is 23.8 Å². The van der Waals surface area contributed by atoms with Crippen LogP contribution >= 0.6 is 0 Å². The lowest BCUT2D eigenvalue weighted by Gasteiger charge is -2.10. The number of methoxy groups -OCH3 is 3. The van der Waals surface area contributed by atoms with Crippen LogP contribution in [0.2, 0.25) is 0 Å². The van der Waals surface area contributed by atoms with E-state index < -0.39 is 11.6 Å². The van der Waals surface area contributed by atoms with Crippen LogP contribution in [-0.2, 0) is 0 Å². The van der Waals surface area contributed by atoms with E-state index in [9.17, 15) is 9.59 Å². The summed E-state index contributed by atoms with van der Waals surface area (Å²) in [5.74, 6) is 1.10. The Morgan fingerprint density at radius 2 is 1.00 bits per heavy atom. The van der Waals surface area contributed by atoms with Gasteiger partial charge in [0, 0.05) is 16.7 Å². The molecule has 0 atom stereocenters. The lowest BCUT2D eigenvalue weighted by atomic mass is 10.0. The summed E-state index contributed by atoms with van der Waals surface area (Å²) < 4.78 is 15.5. The molecule has 0 N–H and O–H groups in total. The summed E-state index contributed by atoms with van der Waals surface area (Å²) in [6.07, 6.45) is 1.49. The summed E-state index contributed by atoms with van der Waals surface area (Å²) in [6, 6.07) is 20.4. The molecule has 0 spiro atoms. The van der Waals surface area contributed by atoms with Gasteiger partial charge in [-0.3, -0.25) is 9.59 Å². The molecule has 34 heavy (non-hydrogen) atoms. The zero-order chi connectivity index (χ0) is 24.1. The van der Waals surface area contributed by atoms with Crippen LogP contribution in [0.4, 0.5) is 0 Å². The topological polar surface area (TPSA) is 87.6 Å². The van der Waals surface area contributed by atoms with Crippen LogP contribution in [0.3, 0.4) is 0 Å². The van der Waals surface area contributed by atoms with Gasteiger partial charge >= 0.3 is 0 Å². The molecule has 1 heterocycles. The molecule has 0 bridgehead atoms. The number of carbonyl (C=O) groups is 2. The molecule has 0 radical (unpaired) electrons. The van der Waals surface area contributed by atoms with E-state index in [2.05, 4.69) is 9.97 Å². The minimum Gasteiger partial charge on any atom is -0.497 e. The Hall–Kier alpha value is -4.52. The fourth-order valence-corrected chi connectivity index (χ4v) is 3.37. The van der Waals surface area contributed by atoms with E-state index in [1.165, 1.54) is 6.20 Å². The quantitative estimate of drug-likeness (QED) is 0.359. The van der Waals surface area contributed by atoms with E-state index >= 15 is 0 Å². The molecule has 7 nitrogen and oxygen atoms in total. The highest BCUT2D eigenvalue weighted by molar-refractivity contribution is 6.18. The van der Waals surface area contributed by atoms with Gasteiger partial charge in [0.15, 0.2) is 0 Å². The van der Waals surface area contributed by atoms with E-state index in [1.807, 2.05) is 12.1 Å². The second-order valence-electron chi connectivity index (χ2n) is 7.30. The van der Waals surface area contributed by atoms with Crippen molar-refractivity contribution in [3.8, 4) is 28.5 Å². The zero-order valence-electron chi connectivity index (χ0n) is 18.9. The fraction of sp³-hybridized carbons (Fsp3) is 0.111. The standard InChI is InChI=1S/C27H22N2O5/c1-32-20-10-4-17(5-11-20)23-16-28-24(26(30)18-6-12-21(33-2)13-7-18)25(29-23)27(31)19-8-14-22(34-3)15-9-19/h4-16H,1-3H3. The molecule has 4 aromatic rings. The Morgan fingerprint density at radius 1 is 0.588 bits per heavy atom. The second kappa shape index (κ2) is 9.95. The third-order valence-corrected chi connectivity index (χ3v) is 5.29. The van der Waals surface area contributed by atoms with E-state index in [0.29, 0.717) is 34.1 Å². The summed E-state index contributed by atoms with van der Waals surface area (Å²) in [7, 11) is 4.68. The third-order valence-electron chi connectivity index (χ3n) is 5.29. The maximum Gasteiger partial charge on any atom is 0.213 e. The maximum absolute atomic E-state index is 13.5. The Kier molecular flexibility index (Phi) is 6.64. The lowest BCUT2D eigenvalue weighted by molar-refractivity contribution is 0.0996. The fourth-order valence-electron chi connectivity index (χ4n) is 3.37. The molecule has 0 unspecified atom stereocenters. The Balaban J connectivity index is 1.80. The predicted molar refractivity (Wildman–Crippen MR) is 127 cm³/mol. The zero-order valence-corrected chi connectivity index (χ0v) is 18.9. The maximum atomic E-state index is 13.5. The van der Waals surface area contributed by atoms with Crippen LogP contribution in [0.5, 0.6) is 17.2 Å². The molecule has 1 aromatic heterocycles. The number of aromatic nitrogens is 2. The van der Waals surface area contributed by atoms with Crippen LogP contribution in [0, 0.1) is 0 Å². The van der Waals surface area contributed by atoms with Crippen LogP contribution in [0.1, 0.15) is 32.1 Å². The number of carbonyl (C=O) groups excluding carboxylic acids is 2. The van der Waals surface area contributed by atoms with Crippen molar-refractivity contribution in [3.63, 3.8) is 0 Å². The number of ketones is 2. The van der Waals surface area contributed by atoms with Crippen LogP contribution < -0.4 is 14.2 Å². The molecule has 0 aliphatic rings. The molecular formula is C27H22N2O5. The number of hydrogen-bond acceptors (Lipinski definition) is 7. The van der Waals surface area contributed by atoms with Crippen molar-refractivity contribution >= 4 is 11.6 Å². The van der Waals surface area contributed by atoms with Crippen molar-refractivity contribution in [1.29, 1.82) is 0 Å². The minimum absolute atomic E-state index is 0.0248. The normalized spacial score (nSPS) is 10.4. The molecule has 0 saturated heterocycles. The lowest BCUT2D eigenvalue weighted by Crippen LogP contribution is -2.16. The summed E-state index contributed by atoms with van der Waals surface area (Å²) in [6.45, 7) is 0. The Bertz CT molecular complexity index is 1310. The summed E-state index contributed by atoms with van der Waals surface area (Å²) in [5, 5.41) is 0. The van der Waals surface area contributed by atoms with Crippen molar-refractivity contribution in [2.75, 3.05) is 21.3 Å². The summed E-state index contributed by atoms with van der Waals surface area (Å²) in [4.78, 5) is 35.7. The van der Waals surface area contributed by atoms with Gasteiger partial charge in [-0.15, -0.1) is 0 Å². The highest BCUT2D eigenvalue weighted by Gasteiger charge is 2.24.